The Morgan fingerprint density at radius 3 is 2.62 bits per heavy atom. The van der Waals surface area contributed by atoms with Crippen LogP contribution < -0.4 is 5.32 Å². The molecule has 1 saturated heterocycles. The van der Waals surface area contributed by atoms with Crippen LogP contribution >= 0.6 is 0 Å². The second kappa shape index (κ2) is 6.34. The quantitative estimate of drug-likeness (QED) is 0.901. The van der Waals surface area contributed by atoms with Gasteiger partial charge in [0.15, 0.2) is 0 Å². The van der Waals surface area contributed by atoms with Crippen molar-refractivity contribution < 1.29 is 8.42 Å². The van der Waals surface area contributed by atoms with Crippen LogP contribution in [0.5, 0.6) is 0 Å². The van der Waals surface area contributed by atoms with E-state index >= 15 is 0 Å². The SMILES string of the molecule is CC(C)N1CCC(Nc2cccc(S(=O)(=O)N(C)C)c2)C1. The Morgan fingerprint density at radius 2 is 2.05 bits per heavy atom. The zero-order valence-electron chi connectivity index (χ0n) is 13.2. The highest BCUT2D eigenvalue weighted by molar-refractivity contribution is 7.89. The number of benzene rings is 1. The molecule has 1 aliphatic heterocycles. The first-order valence-electron chi connectivity index (χ1n) is 7.34. The molecule has 1 aliphatic rings. The first-order valence-corrected chi connectivity index (χ1v) is 8.78. The van der Waals surface area contributed by atoms with Gasteiger partial charge in [-0.1, -0.05) is 6.07 Å². The van der Waals surface area contributed by atoms with E-state index in [1.54, 1.807) is 32.3 Å². The molecule has 5 nitrogen and oxygen atoms in total. The lowest BCUT2D eigenvalue weighted by Gasteiger charge is -2.21. The van der Waals surface area contributed by atoms with Crippen LogP contribution in [0.1, 0.15) is 20.3 Å². The third-order valence-corrected chi connectivity index (χ3v) is 5.74. The minimum atomic E-state index is -3.37. The Labute approximate surface area is 128 Å². The molecule has 0 aromatic heterocycles. The first-order chi connectivity index (χ1) is 9.80. The van der Waals surface area contributed by atoms with E-state index in [9.17, 15) is 8.42 Å². The summed E-state index contributed by atoms with van der Waals surface area (Å²) in [5.74, 6) is 0. The molecule has 21 heavy (non-hydrogen) atoms. The minimum absolute atomic E-state index is 0.330. The summed E-state index contributed by atoms with van der Waals surface area (Å²) in [6.07, 6.45) is 1.09. The van der Waals surface area contributed by atoms with Gasteiger partial charge in [-0.3, -0.25) is 4.90 Å². The molecule has 0 spiro atoms. The average Bonchev–Trinajstić information content (AvgIpc) is 2.87. The van der Waals surface area contributed by atoms with Crippen LogP contribution in [0.2, 0.25) is 0 Å². The van der Waals surface area contributed by atoms with Gasteiger partial charge in [0, 0.05) is 45.0 Å². The highest BCUT2D eigenvalue weighted by atomic mass is 32.2. The predicted molar refractivity (Wildman–Crippen MR) is 86.1 cm³/mol. The lowest BCUT2D eigenvalue weighted by atomic mass is 10.2. The van der Waals surface area contributed by atoms with Gasteiger partial charge in [0.05, 0.1) is 4.90 Å². The van der Waals surface area contributed by atoms with E-state index in [1.807, 2.05) is 6.07 Å². The molecular weight excluding hydrogens is 286 g/mol. The molecule has 0 aliphatic carbocycles. The van der Waals surface area contributed by atoms with Gasteiger partial charge in [-0.2, -0.15) is 0 Å². The van der Waals surface area contributed by atoms with E-state index in [2.05, 4.69) is 24.1 Å². The third kappa shape index (κ3) is 3.75. The minimum Gasteiger partial charge on any atom is -0.381 e. The van der Waals surface area contributed by atoms with E-state index < -0.39 is 10.0 Å². The topological polar surface area (TPSA) is 52.7 Å². The number of sulfonamides is 1. The van der Waals surface area contributed by atoms with Crippen molar-refractivity contribution in [1.29, 1.82) is 0 Å². The van der Waals surface area contributed by atoms with E-state index in [1.165, 1.54) is 4.31 Å². The summed E-state index contributed by atoms with van der Waals surface area (Å²) in [6.45, 7) is 6.49. The summed E-state index contributed by atoms with van der Waals surface area (Å²) < 4.78 is 25.5. The standard InChI is InChI=1S/C15H25N3O2S/c1-12(2)18-9-8-14(11-18)16-13-6-5-7-15(10-13)21(19,20)17(3)4/h5-7,10,12,14,16H,8-9,11H2,1-4H3. The molecule has 118 valence electrons. The largest absolute Gasteiger partial charge is 0.381 e. The molecule has 1 aromatic carbocycles. The van der Waals surface area contributed by atoms with Crippen LogP contribution in [0.4, 0.5) is 5.69 Å². The van der Waals surface area contributed by atoms with E-state index in [4.69, 9.17) is 0 Å². The zero-order chi connectivity index (χ0) is 15.6. The van der Waals surface area contributed by atoms with Crippen molar-refractivity contribution in [2.75, 3.05) is 32.5 Å². The van der Waals surface area contributed by atoms with Gasteiger partial charge in [0.25, 0.3) is 0 Å². The van der Waals surface area contributed by atoms with Gasteiger partial charge >= 0.3 is 0 Å². The van der Waals surface area contributed by atoms with Crippen molar-refractivity contribution in [2.45, 2.75) is 37.2 Å². The van der Waals surface area contributed by atoms with Crippen molar-refractivity contribution in [3.05, 3.63) is 24.3 Å². The lowest BCUT2D eigenvalue weighted by molar-refractivity contribution is 0.274. The number of likely N-dealkylation sites (tertiary alicyclic amines) is 1. The van der Waals surface area contributed by atoms with Crippen molar-refractivity contribution >= 4 is 15.7 Å². The van der Waals surface area contributed by atoms with Crippen LogP contribution in [-0.2, 0) is 10.0 Å². The Kier molecular flexibility index (Phi) is 4.91. The van der Waals surface area contributed by atoms with Crippen LogP contribution in [0.25, 0.3) is 0 Å². The smallest absolute Gasteiger partial charge is 0.242 e. The fourth-order valence-corrected chi connectivity index (χ4v) is 3.52. The van der Waals surface area contributed by atoms with Gasteiger partial charge < -0.3 is 5.32 Å². The summed E-state index contributed by atoms with van der Waals surface area (Å²) in [4.78, 5) is 2.76. The van der Waals surface area contributed by atoms with Crippen molar-refractivity contribution in [3.8, 4) is 0 Å². The summed E-state index contributed by atoms with van der Waals surface area (Å²) in [7, 11) is -0.277. The molecule has 6 heteroatoms. The lowest BCUT2D eigenvalue weighted by Crippen LogP contribution is -2.31. The van der Waals surface area contributed by atoms with Crippen molar-refractivity contribution in [3.63, 3.8) is 0 Å². The first kappa shape index (κ1) is 16.3. The molecular formula is C15H25N3O2S. The molecule has 0 saturated carbocycles. The number of anilines is 1. The summed E-state index contributed by atoms with van der Waals surface area (Å²) in [6, 6.07) is 7.99. The van der Waals surface area contributed by atoms with Gasteiger partial charge in [0.2, 0.25) is 10.0 Å². The maximum Gasteiger partial charge on any atom is 0.242 e. The average molecular weight is 311 g/mol. The predicted octanol–water partition coefficient (Wildman–Crippen LogP) is 1.83. The molecule has 1 atom stereocenters. The molecule has 0 bridgehead atoms. The van der Waals surface area contributed by atoms with Crippen LogP contribution in [-0.4, -0.2) is 56.9 Å². The molecule has 1 aromatic rings. The molecule has 2 rings (SSSR count). The highest BCUT2D eigenvalue weighted by Crippen LogP contribution is 2.21. The monoisotopic (exact) mass is 311 g/mol. The fraction of sp³-hybridized carbons (Fsp3) is 0.600. The maximum absolute atomic E-state index is 12.2. The highest BCUT2D eigenvalue weighted by Gasteiger charge is 2.24. The normalized spacial score (nSPS) is 20.4. The van der Waals surface area contributed by atoms with Gasteiger partial charge in [-0.05, 0) is 38.5 Å². The van der Waals surface area contributed by atoms with Gasteiger partial charge in [0.1, 0.15) is 0 Å². The molecule has 1 fully saturated rings. The van der Waals surface area contributed by atoms with Crippen LogP contribution in [0.3, 0.4) is 0 Å². The number of rotatable bonds is 5. The van der Waals surface area contributed by atoms with Crippen LogP contribution in [0.15, 0.2) is 29.2 Å². The van der Waals surface area contributed by atoms with Crippen LogP contribution in [0, 0.1) is 0 Å². The second-order valence-electron chi connectivity index (χ2n) is 6.03. The number of nitrogens with zero attached hydrogens (tertiary/aromatic N) is 2. The summed E-state index contributed by atoms with van der Waals surface area (Å²) in [5, 5.41) is 3.45. The van der Waals surface area contributed by atoms with Crippen molar-refractivity contribution in [1.82, 2.24) is 9.21 Å². The Balaban J connectivity index is 2.09. The van der Waals surface area contributed by atoms with E-state index in [0.717, 1.165) is 25.2 Å². The zero-order valence-corrected chi connectivity index (χ0v) is 14.0. The maximum atomic E-state index is 12.2. The fourth-order valence-electron chi connectivity index (χ4n) is 2.57. The molecule has 1 unspecified atom stereocenters. The summed E-state index contributed by atoms with van der Waals surface area (Å²) in [5.41, 5.74) is 0.869. The Hall–Kier alpha value is -1.11. The third-order valence-electron chi connectivity index (χ3n) is 3.93. The van der Waals surface area contributed by atoms with Gasteiger partial charge in [-0.25, -0.2) is 12.7 Å². The number of hydrogen-bond acceptors (Lipinski definition) is 4. The number of nitrogens with one attached hydrogen (secondary N) is 1. The number of hydrogen-bond donors (Lipinski definition) is 1. The molecule has 0 radical (unpaired) electrons. The Morgan fingerprint density at radius 1 is 1.33 bits per heavy atom. The second-order valence-corrected chi connectivity index (χ2v) is 8.19. The summed E-state index contributed by atoms with van der Waals surface area (Å²) >= 11 is 0. The Bertz CT molecular complexity index is 584. The van der Waals surface area contributed by atoms with Crippen molar-refractivity contribution in [2.24, 2.45) is 0 Å². The van der Waals surface area contributed by atoms with Gasteiger partial charge in [-0.15, -0.1) is 0 Å². The van der Waals surface area contributed by atoms with E-state index in [-0.39, 0.29) is 0 Å². The molecule has 1 heterocycles. The van der Waals surface area contributed by atoms with E-state index in [0.29, 0.717) is 17.0 Å². The molecule has 1 N–H and O–H groups in total. The molecule has 0 amide bonds.